The van der Waals surface area contributed by atoms with Crippen LogP contribution in [0.1, 0.15) is 27.8 Å². The molecule has 0 spiro atoms. The van der Waals surface area contributed by atoms with Crippen molar-refractivity contribution in [3.8, 4) is 0 Å². The first-order valence-corrected chi connectivity index (χ1v) is 8.71. The van der Waals surface area contributed by atoms with Crippen LogP contribution in [0.2, 0.25) is 0 Å². The van der Waals surface area contributed by atoms with E-state index >= 15 is 0 Å². The van der Waals surface area contributed by atoms with Crippen molar-refractivity contribution in [3.05, 3.63) is 82.6 Å². The number of hydrogen-bond acceptors (Lipinski definition) is 3. The van der Waals surface area contributed by atoms with Gasteiger partial charge < -0.3 is 4.90 Å². The van der Waals surface area contributed by atoms with Gasteiger partial charge in [-0.25, -0.2) is 0 Å². The normalized spacial score (nSPS) is 16.2. The van der Waals surface area contributed by atoms with E-state index in [1.165, 1.54) is 6.07 Å². The second-order valence-electron chi connectivity index (χ2n) is 6.73. The third-order valence-corrected chi connectivity index (χ3v) is 4.56. The second kappa shape index (κ2) is 7.50. The molecule has 1 aliphatic heterocycles. The first-order chi connectivity index (χ1) is 13.2. The molecule has 2 aromatic rings. The quantitative estimate of drug-likeness (QED) is 0.835. The zero-order chi connectivity index (χ0) is 20.5. The van der Waals surface area contributed by atoms with Crippen LogP contribution in [0.3, 0.4) is 0 Å². The summed E-state index contributed by atoms with van der Waals surface area (Å²) in [5.41, 5.74) is 6.10. The molecule has 3 rings (SSSR count). The van der Waals surface area contributed by atoms with E-state index in [0.29, 0.717) is 35.0 Å². The fraction of sp³-hybridized carbons (Fsp3) is 0.238. The highest BCUT2D eigenvalue weighted by atomic mass is 19.4. The number of amidine groups is 2. The van der Waals surface area contributed by atoms with Gasteiger partial charge in [-0.05, 0) is 37.1 Å². The first kappa shape index (κ1) is 19.7. The highest BCUT2D eigenvalue weighted by Crippen LogP contribution is 2.31. The van der Waals surface area contributed by atoms with Gasteiger partial charge in [-0.2, -0.15) is 18.3 Å². The Labute approximate surface area is 162 Å². The average molecular weight is 386 g/mol. The molecule has 0 saturated heterocycles. The molecule has 0 amide bonds. The minimum atomic E-state index is -4.37. The molecular weight excluding hydrogens is 365 g/mol. The van der Waals surface area contributed by atoms with Crippen molar-refractivity contribution < 1.29 is 13.2 Å². The summed E-state index contributed by atoms with van der Waals surface area (Å²) >= 11 is 0. The first-order valence-electron chi connectivity index (χ1n) is 8.71. The molecule has 0 saturated carbocycles. The number of aliphatic imine (C=N–C) groups is 1. The van der Waals surface area contributed by atoms with Gasteiger partial charge in [0.2, 0.25) is 0 Å². The monoisotopic (exact) mass is 386 g/mol. The van der Waals surface area contributed by atoms with Crippen molar-refractivity contribution in [2.45, 2.75) is 26.6 Å². The molecule has 0 unspecified atom stereocenters. The summed E-state index contributed by atoms with van der Waals surface area (Å²) in [5, 5.41) is 4.31. The van der Waals surface area contributed by atoms with E-state index in [1.54, 1.807) is 18.9 Å². The van der Waals surface area contributed by atoms with E-state index in [4.69, 9.17) is 0 Å². The molecule has 146 valence electrons. The highest BCUT2D eigenvalue weighted by molar-refractivity contribution is 6.10. The fourth-order valence-corrected chi connectivity index (χ4v) is 2.97. The zero-order valence-corrected chi connectivity index (χ0v) is 15.9. The Bertz CT molecular complexity index is 974. The Hall–Kier alpha value is -3.09. The minimum Gasteiger partial charge on any atom is -0.325 e. The minimum absolute atomic E-state index is 0.473. The number of hydrazone groups is 1. The maximum Gasteiger partial charge on any atom is 0.416 e. The molecule has 2 aromatic carbocycles. The topological polar surface area (TPSA) is 40.0 Å². The molecule has 7 heteroatoms. The van der Waals surface area contributed by atoms with E-state index in [0.717, 1.165) is 23.3 Å². The van der Waals surface area contributed by atoms with Crippen LogP contribution in [-0.2, 0) is 12.7 Å². The predicted molar refractivity (Wildman–Crippen MR) is 105 cm³/mol. The summed E-state index contributed by atoms with van der Waals surface area (Å²) in [6.45, 7) is 8.16. The summed E-state index contributed by atoms with van der Waals surface area (Å²) < 4.78 is 38.7. The number of likely N-dealkylation sites (N-methyl/N-ethyl adjacent to an activating group) is 1. The summed E-state index contributed by atoms with van der Waals surface area (Å²) in [5.74, 6) is 1.02. The van der Waals surface area contributed by atoms with E-state index in [-0.39, 0.29) is 0 Å². The Kier molecular flexibility index (Phi) is 5.27. The molecule has 0 fully saturated rings. The zero-order valence-electron chi connectivity index (χ0n) is 15.9. The SMILES string of the molecule is C=C1C(=NCc2cccc(C)c2)NN=C(c2ccc(C(F)(F)F)cc2C)N1C. The number of benzene rings is 2. The third kappa shape index (κ3) is 4.08. The summed E-state index contributed by atoms with van der Waals surface area (Å²) in [4.78, 5) is 6.25. The Balaban J connectivity index is 1.84. The smallest absolute Gasteiger partial charge is 0.325 e. The van der Waals surface area contributed by atoms with Crippen LogP contribution in [-0.4, -0.2) is 23.6 Å². The van der Waals surface area contributed by atoms with Gasteiger partial charge in [-0.15, -0.1) is 0 Å². The van der Waals surface area contributed by atoms with Crippen LogP contribution in [0, 0.1) is 13.8 Å². The molecule has 0 atom stereocenters. The van der Waals surface area contributed by atoms with Crippen LogP contribution >= 0.6 is 0 Å². The highest BCUT2D eigenvalue weighted by Gasteiger charge is 2.31. The van der Waals surface area contributed by atoms with Gasteiger partial charge in [0.15, 0.2) is 11.7 Å². The number of alkyl halides is 3. The summed E-state index contributed by atoms with van der Waals surface area (Å²) in [6, 6.07) is 11.6. The molecule has 0 radical (unpaired) electrons. The molecule has 1 aliphatic rings. The van der Waals surface area contributed by atoms with Crippen molar-refractivity contribution in [2.75, 3.05) is 7.05 Å². The van der Waals surface area contributed by atoms with Gasteiger partial charge in [-0.1, -0.05) is 42.5 Å². The molecule has 28 heavy (non-hydrogen) atoms. The van der Waals surface area contributed by atoms with Crippen molar-refractivity contribution >= 4 is 11.7 Å². The molecule has 4 nitrogen and oxygen atoms in total. The molecule has 1 N–H and O–H groups in total. The lowest BCUT2D eigenvalue weighted by Gasteiger charge is -2.29. The summed E-state index contributed by atoms with van der Waals surface area (Å²) in [7, 11) is 1.77. The maximum absolute atomic E-state index is 12.9. The Morgan fingerprint density at radius 3 is 2.54 bits per heavy atom. The van der Waals surface area contributed by atoms with Crippen molar-refractivity contribution in [3.63, 3.8) is 0 Å². The third-order valence-electron chi connectivity index (χ3n) is 4.56. The molecule has 0 aromatic heterocycles. The number of aryl methyl sites for hydroxylation is 2. The van der Waals surface area contributed by atoms with Crippen LogP contribution in [0.15, 0.2) is 64.8 Å². The largest absolute Gasteiger partial charge is 0.416 e. The van der Waals surface area contributed by atoms with Gasteiger partial charge in [-0.3, -0.25) is 10.4 Å². The molecule has 1 heterocycles. The lowest BCUT2D eigenvalue weighted by atomic mass is 10.0. The Morgan fingerprint density at radius 2 is 1.89 bits per heavy atom. The standard InChI is InChI=1S/C21H21F3N4/c1-13-6-5-7-16(10-13)12-25-19-15(3)28(4)20(27-26-19)18-9-8-17(11-14(18)2)21(22,23)24/h5-11H,3,12H2,1-2,4H3,(H,25,26). The van der Waals surface area contributed by atoms with E-state index in [1.807, 2.05) is 25.1 Å². The van der Waals surface area contributed by atoms with Crippen molar-refractivity contribution in [1.82, 2.24) is 10.3 Å². The van der Waals surface area contributed by atoms with Crippen LogP contribution in [0.25, 0.3) is 0 Å². The van der Waals surface area contributed by atoms with Gasteiger partial charge in [0, 0.05) is 12.6 Å². The van der Waals surface area contributed by atoms with Gasteiger partial charge in [0.25, 0.3) is 0 Å². The number of halogens is 3. The lowest BCUT2D eigenvalue weighted by molar-refractivity contribution is -0.137. The average Bonchev–Trinajstić information content (AvgIpc) is 2.63. The molecule has 0 bridgehead atoms. The van der Waals surface area contributed by atoms with Crippen LogP contribution in [0.4, 0.5) is 13.2 Å². The van der Waals surface area contributed by atoms with E-state index in [9.17, 15) is 13.2 Å². The number of rotatable bonds is 3. The van der Waals surface area contributed by atoms with Crippen LogP contribution in [0.5, 0.6) is 0 Å². The van der Waals surface area contributed by atoms with E-state index in [2.05, 4.69) is 28.2 Å². The van der Waals surface area contributed by atoms with Gasteiger partial charge in [0.05, 0.1) is 17.8 Å². The van der Waals surface area contributed by atoms with Crippen molar-refractivity contribution in [1.29, 1.82) is 0 Å². The number of hydrogen-bond donors (Lipinski definition) is 1. The number of nitrogens with zero attached hydrogens (tertiary/aromatic N) is 3. The predicted octanol–water partition coefficient (Wildman–Crippen LogP) is 4.63. The van der Waals surface area contributed by atoms with Gasteiger partial charge >= 0.3 is 6.18 Å². The fourth-order valence-electron chi connectivity index (χ4n) is 2.97. The molecule has 0 aliphatic carbocycles. The number of nitrogens with one attached hydrogen (secondary N) is 1. The lowest BCUT2D eigenvalue weighted by Crippen LogP contribution is -2.41. The molecular formula is C21H21F3N4. The summed E-state index contributed by atoms with van der Waals surface area (Å²) in [6.07, 6.45) is -4.37. The maximum atomic E-state index is 12.9. The van der Waals surface area contributed by atoms with Crippen molar-refractivity contribution in [2.24, 2.45) is 10.1 Å². The van der Waals surface area contributed by atoms with Gasteiger partial charge in [0.1, 0.15) is 0 Å². The van der Waals surface area contributed by atoms with Crippen LogP contribution < -0.4 is 5.43 Å². The van der Waals surface area contributed by atoms with E-state index < -0.39 is 11.7 Å². The Morgan fingerprint density at radius 1 is 1.14 bits per heavy atom. The second-order valence-corrected chi connectivity index (χ2v) is 6.73.